The van der Waals surface area contributed by atoms with Crippen LogP contribution in [0.5, 0.6) is 0 Å². The van der Waals surface area contributed by atoms with Crippen molar-refractivity contribution in [1.29, 1.82) is 0 Å². The molecule has 0 saturated heterocycles. The molecule has 0 aliphatic rings. The van der Waals surface area contributed by atoms with Crippen molar-refractivity contribution in [3.8, 4) is 0 Å². The van der Waals surface area contributed by atoms with Crippen molar-refractivity contribution in [2.45, 2.75) is 6.54 Å². The molecule has 0 atom stereocenters. The maximum absolute atomic E-state index is 10.6. The van der Waals surface area contributed by atoms with Gasteiger partial charge < -0.3 is 10.4 Å². The van der Waals surface area contributed by atoms with Gasteiger partial charge in [-0.3, -0.25) is 0 Å². The van der Waals surface area contributed by atoms with E-state index in [0.29, 0.717) is 22.5 Å². The van der Waals surface area contributed by atoms with E-state index in [1.807, 2.05) is 0 Å². The van der Waals surface area contributed by atoms with E-state index in [-0.39, 0.29) is 5.69 Å². The van der Waals surface area contributed by atoms with Crippen LogP contribution >= 0.6 is 22.9 Å². The number of halogens is 1. The quantitative estimate of drug-likeness (QED) is 0.882. The Kier molecular flexibility index (Phi) is 3.50. The zero-order chi connectivity index (χ0) is 12.3. The van der Waals surface area contributed by atoms with Crippen LogP contribution in [0.25, 0.3) is 0 Å². The molecule has 0 aliphatic heterocycles. The van der Waals surface area contributed by atoms with Crippen LogP contribution in [0.2, 0.25) is 5.15 Å². The molecule has 0 saturated carbocycles. The number of hydrogen-bond acceptors (Lipinski definition) is 6. The molecule has 8 heteroatoms. The van der Waals surface area contributed by atoms with Gasteiger partial charge in [0.1, 0.15) is 10.8 Å². The van der Waals surface area contributed by atoms with Gasteiger partial charge in [0.25, 0.3) is 0 Å². The smallest absolute Gasteiger partial charge is 0.355 e. The highest BCUT2D eigenvalue weighted by atomic mass is 35.5. The van der Waals surface area contributed by atoms with Gasteiger partial charge in [0, 0.05) is 5.38 Å². The Hall–Kier alpha value is -1.73. The number of carboxylic acids is 1. The minimum atomic E-state index is -1.03. The Balaban J connectivity index is 1.97. The lowest BCUT2D eigenvalue weighted by Gasteiger charge is -2.01. The summed E-state index contributed by atoms with van der Waals surface area (Å²) in [6, 6.07) is 3.29. The molecule has 0 aliphatic carbocycles. The topological polar surface area (TPSA) is 88.0 Å². The van der Waals surface area contributed by atoms with Gasteiger partial charge in [-0.25, -0.2) is 9.78 Å². The predicted molar refractivity (Wildman–Crippen MR) is 63.4 cm³/mol. The molecule has 2 N–H and O–H groups in total. The zero-order valence-electron chi connectivity index (χ0n) is 8.42. The lowest BCUT2D eigenvalue weighted by Crippen LogP contribution is -2.03. The molecule has 2 rings (SSSR count). The van der Waals surface area contributed by atoms with E-state index in [1.165, 1.54) is 16.7 Å². The molecule has 2 aromatic rings. The van der Waals surface area contributed by atoms with E-state index in [4.69, 9.17) is 16.7 Å². The molecule has 0 fully saturated rings. The monoisotopic (exact) mass is 270 g/mol. The first-order valence-corrected chi connectivity index (χ1v) is 5.82. The minimum Gasteiger partial charge on any atom is -0.476 e. The van der Waals surface area contributed by atoms with Crippen molar-refractivity contribution >= 4 is 34.7 Å². The van der Waals surface area contributed by atoms with Gasteiger partial charge in [0.05, 0.1) is 6.54 Å². The summed E-state index contributed by atoms with van der Waals surface area (Å²) in [6.07, 6.45) is 0. The fourth-order valence-corrected chi connectivity index (χ4v) is 1.88. The van der Waals surface area contributed by atoms with E-state index >= 15 is 0 Å². The van der Waals surface area contributed by atoms with E-state index in [1.54, 1.807) is 12.1 Å². The van der Waals surface area contributed by atoms with Gasteiger partial charge in [-0.1, -0.05) is 11.6 Å². The van der Waals surface area contributed by atoms with E-state index in [2.05, 4.69) is 20.5 Å². The average Bonchev–Trinajstić information content (AvgIpc) is 2.77. The number of thiazole rings is 1. The fourth-order valence-electron chi connectivity index (χ4n) is 1.07. The highest BCUT2D eigenvalue weighted by molar-refractivity contribution is 7.09. The Morgan fingerprint density at radius 3 is 2.88 bits per heavy atom. The predicted octanol–water partition coefficient (Wildman–Crippen LogP) is 1.90. The summed E-state index contributed by atoms with van der Waals surface area (Å²) >= 11 is 6.86. The lowest BCUT2D eigenvalue weighted by molar-refractivity contribution is 0.0691. The Bertz CT molecular complexity index is 528. The second-order valence-corrected chi connectivity index (χ2v) is 4.36. The van der Waals surface area contributed by atoms with Gasteiger partial charge in [-0.2, -0.15) is 0 Å². The molecule has 2 heterocycles. The SMILES string of the molecule is O=C(O)c1csc(CNc2ccc(Cl)nn2)n1. The summed E-state index contributed by atoms with van der Waals surface area (Å²) in [6.45, 7) is 0.397. The van der Waals surface area contributed by atoms with Crippen molar-refractivity contribution in [2.24, 2.45) is 0 Å². The Labute approximate surface area is 105 Å². The molecule has 0 aromatic carbocycles. The summed E-state index contributed by atoms with van der Waals surface area (Å²) < 4.78 is 0. The number of rotatable bonds is 4. The van der Waals surface area contributed by atoms with Crippen LogP contribution in [0, 0.1) is 0 Å². The van der Waals surface area contributed by atoms with Crippen LogP contribution in [0.1, 0.15) is 15.5 Å². The molecular weight excluding hydrogens is 264 g/mol. The van der Waals surface area contributed by atoms with Gasteiger partial charge in [0.15, 0.2) is 10.8 Å². The van der Waals surface area contributed by atoms with Crippen molar-refractivity contribution in [3.05, 3.63) is 33.4 Å². The third-order valence-electron chi connectivity index (χ3n) is 1.82. The van der Waals surface area contributed by atoms with Gasteiger partial charge in [-0.05, 0) is 12.1 Å². The second-order valence-electron chi connectivity index (χ2n) is 3.03. The number of carbonyl (C=O) groups is 1. The van der Waals surface area contributed by atoms with Crippen molar-refractivity contribution in [2.75, 3.05) is 5.32 Å². The molecule has 0 amide bonds. The number of aromatic nitrogens is 3. The van der Waals surface area contributed by atoms with Crippen molar-refractivity contribution < 1.29 is 9.90 Å². The Morgan fingerprint density at radius 2 is 2.29 bits per heavy atom. The normalized spacial score (nSPS) is 10.2. The maximum atomic E-state index is 10.6. The van der Waals surface area contributed by atoms with Crippen LogP contribution in [-0.4, -0.2) is 26.3 Å². The molecule has 88 valence electrons. The lowest BCUT2D eigenvalue weighted by atomic mass is 10.5. The van der Waals surface area contributed by atoms with E-state index in [9.17, 15) is 4.79 Å². The third kappa shape index (κ3) is 3.11. The highest BCUT2D eigenvalue weighted by Gasteiger charge is 2.08. The Morgan fingerprint density at radius 1 is 1.47 bits per heavy atom. The van der Waals surface area contributed by atoms with Crippen molar-refractivity contribution in [1.82, 2.24) is 15.2 Å². The summed E-state index contributed by atoms with van der Waals surface area (Å²) in [7, 11) is 0. The van der Waals surface area contributed by atoms with Crippen LogP contribution < -0.4 is 5.32 Å². The molecule has 0 spiro atoms. The van der Waals surface area contributed by atoms with E-state index in [0.717, 1.165) is 0 Å². The molecular formula is C9H7ClN4O2S. The average molecular weight is 271 g/mol. The van der Waals surface area contributed by atoms with Gasteiger partial charge in [-0.15, -0.1) is 21.5 Å². The fraction of sp³-hybridized carbons (Fsp3) is 0.111. The zero-order valence-corrected chi connectivity index (χ0v) is 9.99. The second kappa shape index (κ2) is 5.07. The number of nitrogens with zero attached hydrogens (tertiary/aromatic N) is 3. The summed E-state index contributed by atoms with van der Waals surface area (Å²) in [5.41, 5.74) is 0.0500. The van der Waals surface area contributed by atoms with Crippen LogP contribution in [0.4, 0.5) is 5.82 Å². The van der Waals surface area contributed by atoms with Crippen LogP contribution in [0.15, 0.2) is 17.5 Å². The third-order valence-corrected chi connectivity index (χ3v) is 2.87. The van der Waals surface area contributed by atoms with Crippen molar-refractivity contribution in [3.63, 3.8) is 0 Å². The summed E-state index contributed by atoms with van der Waals surface area (Å²) in [5, 5.41) is 21.6. The van der Waals surface area contributed by atoms with Crippen LogP contribution in [-0.2, 0) is 6.54 Å². The summed E-state index contributed by atoms with van der Waals surface area (Å²) in [5.74, 6) is -0.472. The number of anilines is 1. The maximum Gasteiger partial charge on any atom is 0.355 e. The van der Waals surface area contributed by atoms with Gasteiger partial charge >= 0.3 is 5.97 Å². The summed E-state index contributed by atoms with van der Waals surface area (Å²) in [4.78, 5) is 14.5. The molecule has 2 aromatic heterocycles. The molecule has 0 radical (unpaired) electrons. The first kappa shape index (κ1) is 11.7. The first-order valence-electron chi connectivity index (χ1n) is 4.56. The van der Waals surface area contributed by atoms with Gasteiger partial charge in [0.2, 0.25) is 0 Å². The van der Waals surface area contributed by atoms with E-state index < -0.39 is 5.97 Å². The number of hydrogen-bond donors (Lipinski definition) is 2. The standard InChI is InChI=1S/C9H7ClN4O2S/c10-6-1-2-7(14-13-6)11-3-8-12-5(4-17-8)9(15)16/h1-2,4H,3H2,(H,11,14)(H,15,16). The minimum absolute atomic E-state index is 0.0500. The number of nitrogens with one attached hydrogen (secondary N) is 1. The molecule has 0 unspecified atom stereocenters. The molecule has 17 heavy (non-hydrogen) atoms. The number of aromatic carboxylic acids is 1. The first-order chi connectivity index (χ1) is 8.15. The highest BCUT2D eigenvalue weighted by Crippen LogP contribution is 2.12. The van der Waals surface area contributed by atoms with Crippen LogP contribution in [0.3, 0.4) is 0 Å². The largest absolute Gasteiger partial charge is 0.476 e. The molecule has 0 bridgehead atoms. The number of carboxylic acid groups (broad SMARTS) is 1. The molecule has 6 nitrogen and oxygen atoms in total.